The van der Waals surface area contributed by atoms with Gasteiger partial charge in [-0.05, 0) is 90.3 Å². The first-order chi connectivity index (χ1) is 17.1. The first kappa shape index (κ1) is 25.6. The van der Waals surface area contributed by atoms with Crippen molar-refractivity contribution in [1.29, 1.82) is 0 Å². The van der Waals surface area contributed by atoms with Gasteiger partial charge in [-0.25, -0.2) is 4.79 Å². The number of carboxylic acids is 1. The van der Waals surface area contributed by atoms with Crippen molar-refractivity contribution in [3.63, 3.8) is 0 Å². The van der Waals surface area contributed by atoms with Crippen LogP contribution in [0.2, 0.25) is 0 Å². The number of benzene rings is 3. The number of allylic oxidation sites excluding steroid dienone is 2. The molecule has 0 bridgehead atoms. The predicted octanol–water partition coefficient (Wildman–Crippen LogP) is 8.15. The molecule has 0 radical (unpaired) electrons. The van der Waals surface area contributed by atoms with Crippen molar-refractivity contribution in [2.45, 2.75) is 60.0 Å². The Kier molecular flexibility index (Phi) is 7.26. The number of fused-ring (bicyclic) bond motifs is 1. The highest BCUT2D eigenvalue weighted by molar-refractivity contribution is 5.88. The van der Waals surface area contributed by atoms with Crippen LogP contribution in [-0.2, 0) is 12.0 Å². The smallest absolute Gasteiger partial charge is 0.335 e. The maximum atomic E-state index is 11.4. The van der Waals surface area contributed by atoms with Crippen molar-refractivity contribution in [1.82, 2.24) is 0 Å². The molecule has 1 aliphatic rings. The summed E-state index contributed by atoms with van der Waals surface area (Å²) >= 11 is 0. The molecule has 0 saturated heterocycles. The van der Waals surface area contributed by atoms with E-state index < -0.39 is 5.97 Å². The predicted molar refractivity (Wildman–Crippen MR) is 148 cm³/mol. The number of rotatable bonds is 8. The van der Waals surface area contributed by atoms with E-state index in [0.717, 1.165) is 35.7 Å². The minimum absolute atomic E-state index is 0.00834. The zero-order valence-corrected chi connectivity index (χ0v) is 22.3. The molecule has 1 N–H and O–H groups in total. The van der Waals surface area contributed by atoms with Crippen LogP contribution in [0.5, 0.6) is 5.75 Å². The number of ether oxygens (including phenoxy) is 1. The summed E-state index contributed by atoms with van der Waals surface area (Å²) in [6.07, 6.45) is 3.39. The summed E-state index contributed by atoms with van der Waals surface area (Å²) < 4.78 is 6.53. The summed E-state index contributed by atoms with van der Waals surface area (Å²) in [7, 11) is 0. The van der Waals surface area contributed by atoms with Gasteiger partial charge in [-0.1, -0.05) is 63.6 Å². The Bertz CT molecular complexity index is 1270. The van der Waals surface area contributed by atoms with Crippen LogP contribution in [0.3, 0.4) is 0 Å². The number of hydrogen-bond acceptors (Lipinski definition) is 3. The molecule has 3 aromatic rings. The van der Waals surface area contributed by atoms with E-state index in [2.05, 4.69) is 88.9 Å². The number of nitrogens with zero attached hydrogens (tertiary/aromatic N) is 1. The molecule has 1 aliphatic carbocycles. The molecule has 0 aromatic heterocycles. The van der Waals surface area contributed by atoms with E-state index in [1.807, 2.05) is 12.1 Å². The van der Waals surface area contributed by atoms with Crippen molar-refractivity contribution < 1.29 is 14.6 Å². The van der Waals surface area contributed by atoms with Gasteiger partial charge in [-0.3, -0.25) is 0 Å². The highest BCUT2D eigenvalue weighted by Gasteiger charge is 2.31. The van der Waals surface area contributed by atoms with Gasteiger partial charge in [0.05, 0.1) is 11.3 Å². The molecule has 0 saturated carbocycles. The molecule has 188 valence electrons. The first-order valence-corrected chi connectivity index (χ1v) is 12.8. The molecule has 0 spiro atoms. The Morgan fingerprint density at radius 3 is 2.31 bits per heavy atom. The quantitative estimate of drug-likeness (QED) is 0.351. The molecule has 4 heteroatoms. The fraction of sp³-hybridized carbons (Fsp3) is 0.344. The van der Waals surface area contributed by atoms with Crippen LogP contribution in [0, 0.1) is 12.8 Å². The van der Waals surface area contributed by atoms with E-state index in [0.29, 0.717) is 12.5 Å². The highest BCUT2D eigenvalue weighted by Crippen LogP contribution is 2.47. The molecule has 36 heavy (non-hydrogen) atoms. The fourth-order valence-corrected chi connectivity index (χ4v) is 4.95. The molecule has 0 aliphatic heterocycles. The maximum Gasteiger partial charge on any atom is 0.335 e. The molecular formula is C32H37NO3. The minimum Gasteiger partial charge on any atom is -0.487 e. The molecule has 0 heterocycles. The summed E-state index contributed by atoms with van der Waals surface area (Å²) in [4.78, 5) is 13.6. The maximum absolute atomic E-state index is 11.4. The molecule has 4 rings (SSSR count). The number of carboxylic acid groups (broad SMARTS) is 1. The Hall–Kier alpha value is -3.53. The van der Waals surface area contributed by atoms with E-state index in [9.17, 15) is 9.90 Å². The van der Waals surface area contributed by atoms with Gasteiger partial charge in [-0.15, -0.1) is 0 Å². The van der Waals surface area contributed by atoms with Crippen molar-refractivity contribution in [3.05, 3.63) is 94.6 Å². The van der Waals surface area contributed by atoms with Gasteiger partial charge in [0.2, 0.25) is 0 Å². The lowest BCUT2D eigenvalue weighted by Gasteiger charge is -2.36. The van der Waals surface area contributed by atoms with Crippen LogP contribution < -0.4 is 9.64 Å². The zero-order valence-electron chi connectivity index (χ0n) is 22.3. The first-order valence-electron chi connectivity index (χ1n) is 12.8. The van der Waals surface area contributed by atoms with Crippen molar-refractivity contribution in [3.8, 4) is 5.75 Å². The molecule has 0 unspecified atom stereocenters. The Balaban J connectivity index is 1.83. The van der Waals surface area contributed by atoms with Crippen LogP contribution in [0.1, 0.15) is 73.7 Å². The van der Waals surface area contributed by atoms with Crippen LogP contribution in [0.15, 0.2) is 66.7 Å². The summed E-state index contributed by atoms with van der Waals surface area (Å²) in [5, 5.41) is 9.35. The average Bonchev–Trinajstić information content (AvgIpc) is 2.84. The Morgan fingerprint density at radius 1 is 1.06 bits per heavy atom. The largest absolute Gasteiger partial charge is 0.487 e. The number of anilines is 2. The van der Waals surface area contributed by atoms with E-state index in [-0.39, 0.29) is 11.0 Å². The van der Waals surface area contributed by atoms with Gasteiger partial charge < -0.3 is 14.7 Å². The number of aryl methyl sites for hydroxylation is 1. The average molecular weight is 484 g/mol. The van der Waals surface area contributed by atoms with Crippen LogP contribution in [-0.4, -0.2) is 17.6 Å². The zero-order chi connectivity index (χ0) is 26.0. The third kappa shape index (κ3) is 5.18. The SMILES string of the molecule is CCN(c1ccc(C(=O)O)cc1)c1cc2c(cc1OCc1ccc(C)cc1)C(C)(C)CC=C2C(C)C. The molecular weight excluding hydrogens is 446 g/mol. The molecule has 0 fully saturated rings. The van der Waals surface area contributed by atoms with Gasteiger partial charge >= 0.3 is 5.97 Å². The third-order valence-corrected chi connectivity index (χ3v) is 7.14. The second-order valence-electron chi connectivity index (χ2n) is 10.6. The normalized spacial score (nSPS) is 14.2. The summed E-state index contributed by atoms with van der Waals surface area (Å²) in [6.45, 7) is 14.5. The molecule has 0 amide bonds. The van der Waals surface area contributed by atoms with Crippen molar-refractivity contribution >= 4 is 22.9 Å². The standard InChI is InChI=1S/C32H37NO3/c1-7-33(25-14-12-24(13-15-25)31(34)35)29-18-27-26(21(2)3)16-17-32(5,6)28(27)19-30(29)36-20-23-10-8-22(4)9-11-23/h8-16,18-19,21H,7,17,20H2,1-6H3,(H,34,35). The van der Waals surface area contributed by atoms with Gasteiger partial charge in [-0.2, -0.15) is 0 Å². The summed E-state index contributed by atoms with van der Waals surface area (Å²) in [5.41, 5.74) is 8.53. The van der Waals surface area contributed by atoms with Crippen LogP contribution in [0.4, 0.5) is 11.4 Å². The van der Waals surface area contributed by atoms with E-state index in [4.69, 9.17) is 4.74 Å². The van der Waals surface area contributed by atoms with Gasteiger partial charge in [0, 0.05) is 12.2 Å². The van der Waals surface area contributed by atoms with Crippen molar-refractivity contribution in [2.24, 2.45) is 5.92 Å². The highest BCUT2D eigenvalue weighted by atomic mass is 16.5. The molecule has 4 nitrogen and oxygen atoms in total. The van der Waals surface area contributed by atoms with Crippen molar-refractivity contribution in [2.75, 3.05) is 11.4 Å². The second-order valence-corrected chi connectivity index (χ2v) is 10.6. The Labute approximate surface area is 215 Å². The monoisotopic (exact) mass is 483 g/mol. The van der Waals surface area contributed by atoms with E-state index in [1.165, 1.54) is 22.3 Å². The Morgan fingerprint density at radius 2 is 1.72 bits per heavy atom. The van der Waals surface area contributed by atoms with Crippen LogP contribution in [0.25, 0.3) is 5.57 Å². The summed E-state index contributed by atoms with van der Waals surface area (Å²) in [6, 6.07) is 20.0. The molecule has 0 atom stereocenters. The lowest BCUT2D eigenvalue weighted by molar-refractivity contribution is 0.0697. The second kappa shape index (κ2) is 10.2. The summed E-state index contributed by atoms with van der Waals surface area (Å²) in [5.74, 6) is 0.336. The minimum atomic E-state index is -0.922. The van der Waals surface area contributed by atoms with Gasteiger partial charge in [0.25, 0.3) is 0 Å². The number of hydrogen-bond donors (Lipinski definition) is 1. The lowest BCUT2D eigenvalue weighted by atomic mass is 9.71. The fourth-order valence-electron chi connectivity index (χ4n) is 4.95. The number of aromatic carboxylic acids is 1. The number of carbonyl (C=O) groups is 1. The topological polar surface area (TPSA) is 49.8 Å². The molecule has 3 aromatic carbocycles. The van der Waals surface area contributed by atoms with E-state index >= 15 is 0 Å². The third-order valence-electron chi connectivity index (χ3n) is 7.14. The van der Waals surface area contributed by atoms with Gasteiger partial charge in [0.1, 0.15) is 12.4 Å². The van der Waals surface area contributed by atoms with Gasteiger partial charge in [0.15, 0.2) is 0 Å². The lowest BCUT2D eigenvalue weighted by Crippen LogP contribution is -2.24. The van der Waals surface area contributed by atoms with E-state index in [1.54, 1.807) is 12.1 Å². The van der Waals surface area contributed by atoms with Crippen LogP contribution >= 0.6 is 0 Å².